The third-order valence-electron chi connectivity index (χ3n) is 4.54. The van der Waals surface area contributed by atoms with E-state index in [-0.39, 0.29) is 11.8 Å². The number of nitrogens with zero attached hydrogens (tertiary/aromatic N) is 1. The minimum atomic E-state index is -0.182. The summed E-state index contributed by atoms with van der Waals surface area (Å²) in [6.45, 7) is 0.612. The first-order valence-corrected chi connectivity index (χ1v) is 8.59. The van der Waals surface area contributed by atoms with Crippen molar-refractivity contribution in [1.29, 1.82) is 0 Å². The molecule has 26 heavy (non-hydrogen) atoms. The lowest BCUT2D eigenvalue weighted by Crippen LogP contribution is -2.29. The van der Waals surface area contributed by atoms with E-state index >= 15 is 0 Å². The van der Waals surface area contributed by atoms with Crippen LogP contribution in [0.4, 0.5) is 11.4 Å². The predicted molar refractivity (Wildman–Crippen MR) is 103 cm³/mol. The Labute approximate surface area is 152 Å². The molecule has 0 aromatic heterocycles. The lowest BCUT2D eigenvalue weighted by atomic mass is 10.1. The molecule has 0 bridgehead atoms. The third kappa shape index (κ3) is 2.97. The highest BCUT2D eigenvalue weighted by atomic mass is 16.2. The van der Waals surface area contributed by atoms with E-state index in [2.05, 4.69) is 5.32 Å². The predicted octanol–water partition coefficient (Wildman–Crippen LogP) is 4.14. The number of benzene rings is 3. The van der Waals surface area contributed by atoms with Gasteiger partial charge < -0.3 is 10.2 Å². The Hall–Kier alpha value is -3.40. The molecular weight excluding hydrogens is 324 g/mol. The second kappa shape index (κ2) is 6.84. The fourth-order valence-electron chi connectivity index (χ4n) is 3.28. The third-order valence-corrected chi connectivity index (χ3v) is 4.54. The van der Waals surface area contributed by atoms with Crippen LogP contribution >= 0.6 is 0 Å². The molecule has 2 amide bonds. The van der Waals surface area contributed by atoms with Crippen molar-refractivity contribution in [1.82, 2.24) is 0 Å². The molecule has 0 saturated carbocycles. The zero-order valence-electron chi connectivity index (χ0n) is 14.2. The molecule has 4 rings (SSSR count). The maximum absolute atomic E-state index is 12.9. The number of rotatable bonds is 3. The Morgan fingerprint density at radius 3 is 2.12 bits per heavy atom. The van der Waals surface area contributed by atoms with Gasteiger partial charge in [0.2, 0.25) is 0 Å². The van der Waals surface area contributed by atoms with Crippen LogP contribution in [-0.4, -0.2) is 18.4 Å². The fourth-order valence-corrected chi connectivity index (χ4v) is 3.28. The van der Waals surface area contributed by atoms with Gasteiger partial charge in [-0.2, -0.15) is 0 Å². The highest BCUT2D eigenvalue weighted by molar-refractivity contribution is 6.12. The monoisotopic (exact) mass is 342 g/mol. The maximum Gasteiger partial charge on any atom is 0.258 e. The zero-order valence-corrected chi connectivity index (χ0v) is 14.2. The number of hydrogen-bond acceptors (Lipinski definition) is 2. The Bertz CT molecular complexity index is 952. The van der Waals surface area contributed by atoms with Crippen LogP contribution in [0.25, 0.3) is 0 Å². The zero-order chi connectivity index (χ0) is 17.9. The molecule has 3 aromatic carbocycles. The second-order valence-corrected chi connectivity index (χ2v) is 6.21. The SMILES string of the molecule is O=C(Nc1cccc2c1N(C(=O)c1ccccc1)CC2)c1ccccc1. The van der Waals surface area contributed by atoms with Gasteiger partial charge in [-0.25, -0.2) is 0 Å². The molecule has 1 N–H and O–H groups in total. The molecule has 0 saturated heterocycles. The van der Waals surface area contributed by atoms with Crippen LogP contribution in [0.2, 0.25) is 0 Å². The van der Waals surface area contributed by atoms with Gasteiger partial charge in [0.15, 0.2) is 0 Å². The number of carbonyl (C=O) groups is 2. The minimum Gasteiger partial charge on any atom is -0.320 e. The van der Waals surface area contributed by atoms with Gasteiger partial charge in [-0.15, -0.1) is 0 Å². The minimum absolute atomic E-state index is 0.0502. The van der Waals surface area contributed by atoms with E-state index in [9.17, 15) is 9.59 Å². The molecular formula is C22H18N2O2. The molecule has 128 valence electrons. The van der Waals surface area contributed by atoms with Crippen LogP contribution in [-0.2, 0) is 6.42 Å². The van der Waals surface area contributed by atoms with Crippen molar-refractivity contribution in [2.24, 2.45) is 0 Å². The van der Waals surface area contributed by atoms with Crippen molar-refractivity contribution in [3.05, 3.63) is 95.6 Å². The lowest BCUT2D eigenvalue weighted by molar-refractivity contribution is 0.0986. The number of fused-ring (bicyclic) bond motifs is 1. The van der Waals surface area contributed by atoms with Crippen LogP contribution in [0, 0.1) is 0 Å². The average molecular weight is 342 g/mol. The molecule has 0 radical (unpaired) electrons. The summed E-state index contributed by atoms with van der Waals surface area (Å²) in [4.78, 5) is 27.2. The molecule has 1 aliphatic heterocycles. The van der Waals surface area contributed by atoms with Crippen molar-refractivity contribution in [3.8, 4) is 0 Å². The molecule has 4 nitrogen and oxygen atoms in total. The summed E-state index contributed by atoms with van der Waals surface area (Å²) in [5, 5.41) is 2.96. The topological polar surface area (TPSA) is 49.4 Å². The molecule has 1 aliphatic rings. The summed E-state index contributed by atoms with van der Waals surface area (Å²) in [6.07, 6.45) is 0.781. The van der Waals surface area contributed by atoms with E-state index < -0.39 is 0 Å². The van der Waals surface area contributed by atoms with Gasteiger partial charge >= 0.3 is 0 Å². The van der Waals surface area contributed by atoms with E-state index in [1.54, 1.807) is 17.0 Å². The van der Waals surface area contributed by atoms with Gasteiger partial charge in [-0.1, -0.05) is 48.5 Å². The molecule has 0 spiro atoms. The van der Waals surface area contributed by atoms with Crippen LogP contribution in [0.15, 0.2) is 78.9 Å². The van der Waals surface area contributed by atoms with Crippen LogP contribution in [0.3, 0.4) is 0 Å². The highest BCUT2D eigenvalue weighted by Gasteiger charge is 2.28. The first-order valence-electron chi connectivity index (χ1n) is 8.59. The smallest absolute Gasteiger partial charge is 0.258 e. The first kappa shape index (κ1) is 16.1. The first-order chi connectivity index (χ1) is 12.7. The summed E-state index contributed by atoms with van der Waals surface area (Å²) < 4.78 is 0. The molecule has 3 aromatic rings. The highest BCUT2D eigenvalue weighted by Crippen LogP contribution is 2.36. The largest absolute Gasteiger partial charge is 0.320 e. The molecule has 0 unspecified atom stereocenters. The van der Waals surface area contributed by atoms with Crippen molar-refractivity contribution in [2.45, 2.75) is 6.42 Å². The normalized spacial score (nSPS) is 12.5. The lowest BCUT2D eigenvalue weighted by Gasteiger charge is -2.21. The maximum atomic E-state index is 12.9. The molecule has 1 heterocycles. The van der Waals surface area contributed by atoms with Gasteiger partial charge in [-0.3, -0.25) is 9.59 Å². The molecule has 4 heteroatoms. The van der Waals surface area contributed by atoms with Crippen molar-refractivity contribution >= 4 is 23.2 Å². The van der Waals surface area contributed by atoms with Crippen LogP contribution < -0.4 is 10.2 Å². The number of hydrogen-bond donors (Lipinski definition) is 1. The van der Waals surface area contributed by atoms with Crippen molar-refractivity contribution in [3.63, 3.8) is 0 Å². The summed E-state index contributed by atoms with van der Waals surface area (Å²) in [5.41, 5.74) is 3.76. The summed E-state index contributed by atoms with van der Waals surface area (Å²) in [7, 11) is 0. The molecule has 0 aliphatic carbocycles. The summed E-state index contributed by atoms with van der Waals surface area (Å²) in [5.74, 6) is -0.233. The standard InChI is InChI=1S/C22H18N2O2/c25-21(17-8-3-1-4-9-17)23-19-13-7-12-16-14-15-24(20(16)19)22(26)18-10-5-2-6-11-18/h1-13H,14-15H2,(H,23,25). The van der Waals surface area contributed by atoms with Gasteiger partial charge in [0, 0.05) is 17.7 Å². The van der Waals surface area contributed by atoms with E-state index in [1.807, 2.05) is 66.7 Å². The van der Waals surface area contributed by atoms with Gasteiger partial charge in [0.25, 0.3) is 11.8 Å². The summed E-state index contributed by atoms with van der Waals surface area (Å²) >= 11 is 0. The Kier molecular flexibility index (Phi) is 4.23. The number of amides is 2. The van der Waals surface area contributed by atoms with Gasteiger partial charge in [-0.05, 0) is 42.3 Å². The molecule has 0 atom stereocenters. The Morgan fingerprint density at radius 2 is 1.42 bits per heavy atom. The number of nitrogens with one attached hydrogen (secondary N) is 1. The quantitative estimate of drug-likeness (QED) is 0.778. The second-order valence-electron chi connectivity index (χ2n) is 6.21. The van der Waals surface area contributed by atoms with E-state index in [4.69, 9.17) is 0 Å². The Morgan fingerprint density at radius 1 is 0.769 bits per heavy atom. The summed E-state index contributed by atoms with van der Waals surface area (Å²) in [6, 6.07) is 24.1. The van der Waals surface area contributed by atoms with Gasteiger partial charge in [0.05, 0.1) is 11.4 Å². The van der Waals surface area contributed by atoms with E-state index in [0.717, 1.165) is 17.7 Å². The van der Waals surface area contributed by atoms with Crippen LogP contribution in [0.1, 0.15) is 26.3 Å². The molecule has 0 fully saturated rings. The van der Waals surface area contributed by atoms with Crippen molar-refractivity contribution < 1.29 is 9.59 Å². The number of anilines is 2. The average Bonchev–Trinajstić information content (AvgIpc) is 3.14. The fraction of sp³-hybridized carbons (Fsp3) is 0.0909. The van der Waals surface area contributed by atoms with Crippen LogP contribution in [0.5, 0.6) is 0 Å². The van der Waals surface area contributed by atoms with Crippen molar-refractivity contribution in [2.75, 3.05) is 16.8 Å². The number of para-hydroxylation sites is 1. The Balaban J connectivity index is 1.66. The van der Waals surface area contributed by atoms with E-state index in [1.165, 1.54) is 0 Å². The van der Waals surface area contributed by atoms with E-state index in [0.29, 0.717) is 23.4 Å². The number of carbonyl (C=O) groups excluding carboxylic acids is 2. The van der Waals surface area contributed by atoms with Gasteiger partial charge in [0.1, 0.15) is 0 Å².